The highest BCUT2D eigenvalue weighted by molar-refractivity contribution is 6.69. The van der Waals surface area contributed by atoms with E-state index in [-0.39, 0.29) is 0 Å². The molecule has 0 rings (SSSR count). The standard InChI is InChI=1S/C5Cl4F6O/c6-2(7,4(10,11)12)1(16)3(8,9)5(13,14)15. The molecule has 0 aliphatic rings. The summed E-state index contributed by atoms with van der Waals surface area (Å²) in [5.74, 6) is -2.83. The lowest BCUT2D eigenvalue weighted by atomic mass is 10.2. The van der Waals surface area contributed by atoms with Gasteiger partial charge in [-0.25, -0.2) is 0 Å². The second-order valence-corrected chi connectivity index (χ2v) is 5.13. The fourth-order valence-electron chi connectivity index (χ4n) is 0.455. The summed E-state index contributed by atoms with van der Waals surface area (Å²) in [5, 5.41) is 0. The van der Waals surface area contributed by atoms with Crippen LogP contribution in [0.25, 0.3) is 0 Å². The Balaban J connectivity index is 5.40. The van der Waals surface area contributed by atoms with Crippen LogP contribution in [0, 0.1) is 0 Å². The summed E-state index contributed by atoms with van der Waals surface area (Å²) in [6, 6.07) is 0. The molecule has 0 unspecified atom stereocenters. The Morgan fingerprint density at radius 1 is 0.688 bits per heavy atom. The van der Waals surface area contributed by atoms with E-state index in [2.05, 4.69) is 46.4 Å². The van der Waals surface area contributed by atoms with E-state index >= 15 is 0 Å². The van der Waals surface area contributed by atoms with Gasteiger partial charge in [0, 0.05) is 0 Å². The number of ketones is 1. The van der Waals surface area contributed by atoms with Gasteiger partial charge in [-0.1, -0.05) is 46.4 Å². The van der Waals surface area contributed by atoms with Gasteiger partial charge in [0.05, 0.1) is 0 Å². The molecule has 11 heteroatoms. The van der Waals surface area contributed by atoms with Gasteiger partial charge in [0.2, 0.25) is 5.78 Å². The molecule has 0 saturated carbocycles. The Morgan fingerprint density at radius 2 is 0.875 bits per heavy atom. The number of carbonyl (C=O) groups is 1. The maximum Gasteiger partial charge on any atom is 0.428 e. The van der Waals surface area contributed by atoms with Gasteiger partial charge in [-0.3, -0.25) is 4.79 Å². The van der Waals surface area contributed by atoms with Crippen molar-refractivity contribution in [2.75, 3.05) is 0 Å². The van der Waals surface area contributed by atoms with Crippen molar-refractivity contribution in [3.05, 3.63) is 0 Å². The van der Waals surface area contributed by atoms with Crippen molar-refractivity contribution in [2.45, 2.75) is 21.0 Å². The molecule has 0 fully saturated rings. The second kappa shape index (κ2) is 4.26. The van der Waals surface area contributed by atoms with Gasteiger partial charge >= 0.3 is 12.4 Å². The molecule has 96 valence electrons. The van der Waals surface area contributed by atoms with Crippen molar-refractivity contribution in [1.29, 1.82) is 0 Å². The van der Waals surface area contributed by atoms with Crippen LogP contribution >= 0.6 is 46.4 Å². The molecule has 0 spiro atoms. The number of Topliss-reactive ketones (excluding diaryl/α,β-unsaturated/α-hetero) is 1. The van der Waals surface area contributed by atoms with Crippen molar-refractivity contribution in [3.63, 3.8) is 0 Å². The van der Waals surface area contributed by atoms with Crippen LogP contribution in [-0.2, 0) is 4.79 Å². The highest BCUT2D eigenvalue weighted by Crippen LogP contribution is 2.50. The normalized spacial score (nSPS) is 15.1. The van der Waals surface area contributed by atoms with Gasteiger partial charge in [0.15, 0.2) is 0 Å². The van der Waals surface area contributed by atoms with E-state index in [1.807, 2.05) is 0 Å². The second-order valence-electron chi connectivity index (χ2n) is 2.47. The zero-order valence-corrected chi connectivity index (χ0v) is 9.71. The first-order valence-electron chi connectivity index (χ1n) is 3.09. The molecular weight excluding hydrogens is 332 g/mol. The first-order valence-corrected chi connectivity index (χ1v) is 4.61. The third-order valence-electron chi connectivity index (χ3n) is 1.28. The van der Waals surface area contributed by atoms with Gasteiger partial charge in [-0.05, 0) is 0 Å². The molecule has 0 aromatic rings. The Bertz CT molecular complexity index is 264. The van der Waals surface area contributed by atoms with Crippen molar-refractivity contribution in [3.8, 4) is 0 Å². The van der Waals surface area contributed by atoms with Crippen LogP contribution < -0.4 is 0 Å². The first-order chi connectivity index (χ1) is 6.65. The maximum atomic E-state index is 12.0. The fourth-order valence-corrected chi connectivity index (χ4v) is 1.22. The average Bonchev–Trinajstić information content (AvgIpc) is 1.98. The molecule has 0 heterocycles. The number of hydrogen-bond acceptors (Lipinski definition) is 1. The molecule has 0 saturated heterocycles. The minimum absolute atomic E-state index is 2.83. The van der Waals surface area contributed by atoms with Crippen LogP contribution in [0.5, 0.6) is 0 Å². The third kappa shape index (κ3) is 2.80. The van der Waals surface area contributed by atoms with E-state index < -0.39 is 26.8 Å². The molecule has 0 aliphatic heterocycles. The molecule has 1 nitrogen and oxygen atoms in total. The number of halogens is 10. The smallest absolute Gasteiger partial charge is 0.292 e. The molecular formula is C5Cl4F6O. The highest BCUT2D eigenvalue weighted by Gasteiger charge is 2.70. The van der Waals surface area contributed by atoms with E-state index in [1.54, 1.807) is 0 Å². The summed E-state index contributed by atoms with van der Waals surface area (Å²) in [4.78, 5) is 10.8. The van der Waals surface area contributed by atoms with Crippen LogP contribution in [0.1, 0.15) is 0 Å². The topological polar surface area (TPSA) is 17.1 Å². The Morgan fingerprint density at radius 3 is 1.00 bits per heavy atom. The van der Waals surface area contributed by atoms with Crippen molar-refractivity contribution >= 4 is 52.2 Å². The molecule has 0 amide bonds. The minimum atomic E-state index is -5.65. The monoisotopic (exact) mass is 330 g/mol. The first kappa shape index (κ1) is 16.4. The van der Waals surface area contributed by atoms with Gasteiger partial charge < -0.3 is 0 Å². The lowest BCUT2D eigenvalue weighted by Gasteiger charge is -2.29. The summed E-state index contributed by atoms with van der Waals surface area (Å²) >= 11 is 17.9. The predicted octanol–water partition coefficient (Wildman–Crippen LogP) is 4.03. The molecule has 0 bridgehead atoms. The molecule has 0 radical (unpaired) electrons. The predicted molar refractivity (Wildman–Crippen MR) is 46.0 cm³/mol. The molecule has 16 heavy (non-hydrogen) atoms. The SMILES string of the molecule is O=C(C(Cl)(Cl)C(F)(F)F)C(Cl)(Cl)C(F)(F)F. The average molecular weight is 332 g/mol. The van der Waals surface area contributed by atoms with Crippen LogP contribution in [0.2, 0.25) is 0 Å². The quantitative estimate of drug-likeness (QED) is 0.551. The fraction of sp³-hybridized carbons (Fsp3) is 0.800. The third-order valence-corrected chi connectivity index (χ3v) is 2.83. The summed E-state index contributed by atoms with van der Waals surface area (Å²) in [5.41, 5.74) is 0. The lowest BCUT2D eigenvalue weighted by molar-refractivity contribution is -0.175. The zero-order valence-electron chi connectivity index (χ0n) is 6.69. The number of hydrogen-bond donors (Lipinski definition) is 0. The van der Waals surface area contributed by atoms with E-state index in [9.17, 15) is 31.1 Å². The van der Waals surface area contributed by atoms with Crippen LogP contribution in [0.3, 0.4) is 0 Å². The molecule has 0 atom stereocenters. The van der Waals surface area contributed by atoms with Crippen molar-refractivity contribution in [2.24, 2.45) is 0 Å². The molecule has 0 aromatic carbocycles. The van der Waals surface area contributed by atoms with Crippen molar-refractivity contribution < 1.29 is 31.1 Å². The Labute approximate surface area is 105 Å². The van der Waals surface area contributed by atoms with Gasteiger partial charge in [-0.2, -0.15) is 26.3 Å². The molecule has 0 aromatic heterocycles. The van der Waals surface area contributed by atoms with Gasteiger partial charge in [0.25, 0.3) is 8.67 Å². The van der Waals surface area contributed by atoms with Crippen LogP contribution in [0.15, 0.2) is 0 Å². The van der Waals surface area contributed by atoms with Gasteiger partial charge in [0.1, 0.15) is 0 Å². The lowest BCUT2D eigenvalue weighted by Crippen LogP contribution is -2.54. The number of rotatable bonds is 2. The summed E-state index contributed by atoms with van der Waals surface area (Å²) in [6.45, 7) is 0. The highest BCUT2D eigenvalue weighted by atomic mass is 35.5. The van der Waals surface area contributed by atoms with Gasteiger partial charge in [-0.15, -0.1) is 0 Å². The Kier molecular flexibility index (Phi) is 4.37. The van der Waals surface area contributed by atoms with E-state index in [0.717, 1.165) is 0 Å². The zero-order chi connectivity index (χ0) is 13.6. The largest absolute Gasteiger partial charge is 0.428 e. The van der Waals surface area contributed by atoms with Crippen LogP contribution in [-0.4, -0.2) is 26.8 Å². The number of carbonyl (C=O) groups excluding carboxylic acids is 1. The number of alkyl halides is 10. The summed E-state index contributed by atoms with van der Waals surface area (Å²) in [7, 11) is 0. The molecule has 0 aliphatic carbocycles. The molecule has 0 N–H and O–H groups in total. The minimum Gasteiger partial charge on any atom is -0.292 e. The van der Waals surface area contributed by atoms with Crippen LogP contribution in [0.4, 0.5) is 26.3 Å². The van der Waals surface area contributed by atoms with E-state index in [4.69, 9.17) is 0 Å². The van der Waals surface area contributed by atoms with E-state index in [1.165, 1.54) is 0 Å². The maximum absolute atomic E-state index is 12.0. The summed E-state index contributed by atoms with van der Waals surface area (Å²) < 4.78 is 63.5. The van der Waals surface area contributed by atoms with E-state index in [0.29, 0.717) is 0 Å². The van der Waals surface area contributed by atoms with Crippen molar-refractivity contribution in [1.82, 2.24) is 0 Å². The Hall–Kier alpha value is 0.410. The summed E-state index contributed by atoms with van der Waals surface area (Å²) in [6.07, 6.45) is -11.3.